The highest BCUT2D eigenvalue weighted by atomic mass is 35.5. The molecule has 1 aromatic rings. The number of hydrogen-bond acceptors (Lipinski definition) is 8. The van der Waals surface area contributed by atoms with Gasteiger partial charge >= 0.3 is 5.97 Å². The quantitative estimate of drug-likeness (QED) is 0.390. The van der Waals surface area contributed by atoms with E-state index in [4.69, 9.17) is 37.8 Å². The lowest BCUT2D eigenvalue weighted by atomic mass is 9.99. The van der Waals surface area contributed by atoms with Crippen LogP contribution in [0.15, 0.2) is 18.2 Å². The fraction of sp³-hybridized carbons (Fsp3) is 0.529. The van der Waals surface area contributed by atoms with Crippen LogP contribution in [-0.2, 0) is 14.3 Å². The van der Waals surface area contributed by atoms with E-state index >= 15 is 0 Å². The number of ketones is 1. The Morgan fingerprint density at radius 3 is 2.41 bits per heavy atom. The van der Waals surface area contributed by atoms with Gasteiger partial charge < -0.3 is 29.9 Å². The van der Waals surface area contributed by atoms with Crippen molar-refractivity contribution in [1.29, 1.82) is 0 Å². The minimum atomic E-state index is -1.69. The van der Waals surface area contributed by atoms with E-state index in [9.17, 15) is 24.9 Å². The number of aliphatic hydroxyl groups is 4. The Bertz CT molecular complexity index is 740. The van der Waals surface area contributed by atoms with Crippen molar-refractivity contribution in [1.82, 2.24) is 0 Å². The van der Waals surface area contributed by atoms with E-state index < -0.39 is 55.1 Å². The van der Waals surface area contributed by atoms with Gasteiger partial charge in [0, 0.05) is 11.5 Å². The first-order chi connectivity index (χ1) is 12.7. The first kappa shape index (κ1) is 20.5. The number of carbonyl (C=O) groups is 2. The highest BCUT2D eigenvalue weighted by Crippen LogP contribution is 2.43. The number of ether oxygens (including phenoxy) is 2. The van der Waals surface area contributed by atoms with Gasteiger partial charge in [-0.1, -0.05) is 23.2 Å². The van der Waals surface area contributed by atoms with Gasteiger partial charge in [-0.2, -0.15) is 0 Å². The number of esters is 1. The Morgan fingerprint density at radius 2 is 1.78 bits per heavy atom. The Hall–Kier alpha value is -1.26. The summed E-state index contributed by atoms with van der Waals surface area (Å²) in [6.07, 6.45) is -7.38. The topological polar surface area (TPSA) is 134 Å². The van der Waals surface area contributed by atoms with Crippen molar-refractivity contribution in [2.24, 2.45) is 11.8 Å². The molecular weight excluding hydrogens is 403 g/mol. The number of Topliss-reactive ketones (excluding diaryl/α,β-unsaturated/α-hetero) is 1. The summed E-state index contributed by atoms with van der Waals surface area (Å²) in [5.74, 6) is -2.39. The summed E-state index contributed by atoms with van der Waals surface area (Å²) in [6, 6.07) is 4.42. The smallest absolute Gasteiger partial charge is 0.312 e. The SMILES string of the molecule is O=C(O[C@H]1O[C@H](CO)[C@H](O)[C@H](O)[C@H]1O)[C@H]1C[C@@H]1C(=O)c1ccc(Cl)c(Cl)c1. The van der Waals surface area contributed by atoms with Crippen molar-refractivity contribution in [3.05, 3.63) is 33.8 Å². The van der Waals surface area contributed by atoms with Gasteiger partial charge in [0.2, 0.25) is 6.29 Å². The summed E-state index contributed by atoms with van der Waals surface area (Å²) in [4.78, 5) is 24.7. The molecule has 1 heterocycles. The van der Waals surface area contributed by atoms with E-state index in [-0.39, 0.29) is 17.2 Å². The summed E-state index contributed by atoms with van der Waals surface area (Å²) in [5, 5.41) is 39.0. The summed E-state index contributed by atoms with van der Waals surface area (Å²) >= 11 is 11.7. The third-order valence-electron chi connectivity index (χ3n) is 4.71. The van der Waals surface area contributed by atoms with Crippen LogP contribution in [0.1, 0.15) is 16.8 Å². The maximum atomic E-state index is 12.4. The molecule has 148 valence electrons. The predicted molar refractivity (Wildman–Crippen MR) is 92.2 cm³/mol. The van der Waals surface area contributed by atoms with Crippen LogP contribution in [0.25, 0.3) is 0 Å². The lowest BCUT2D eigenvalue weighted by Crippen LogP contribution is -2.59. The molecule has 8 nitrogen and oxygen atoms in total. The average molecular weight is 421 g/mol. The molecule has 1 aliphatic carbocycles. The van der Waals surface area contributed by atoms with Gasteiger partial charge in [-0.3, -0.25) is 9.59 Å². The van der Waals surface area contributed by atoms with Gasteiger partial charge in [0.05, 0.1) is 22.6 Å². The third-order valence-corrected chi connectivity index (χ3v) is 5.45. The standard InChI is InChI=1S/C17H18Cl2O8/c18-9-2-1-6(3-10(9)19)12(21)7-4-8(7)16(25)27-17-15(24)14(23)13(22)11(5-20)26-17/h1-3,7-8,11,13-15,17,20,22-24H,4-5H2/t7-,8-,11+,13-,14-,15+,17+/m0/s1. The van der Waals surface area contributed by atoms with Crippen LogP contribution >= 0.6 is 23.2 Å². The third kappa shape index (κ3) is 4.12. The molecule has 7 atom stereocenters. The van der Waals surface area contributed by atoms with Crippen molar-refractivity contribution in [2.45, 2.75) is 37.1 Å². The number of benzene rings is 1. The summed E-state index contributed by atoms with van der Waals surface area (Å²) < 4.78 is 10.2. The number of hydrogen-bond donors (Lipinski definition) is 4. The van der Waals surface area contributed by atoms with Crippen molar-refractivity contribution in [3.8, 4) is 0 Å². The minimum Gasteiger partial charge on any atom is -0.432 e. The number of halogens is 2. The molecule has 4 N–H and O–H groups in total. The average Bonchev–Trinajstić information content (AvgIpc) is 3.44. The maximum Gasteiger partial charge on any atom is 0.312 e. The van der Waals surface area contributed by atoms with Crippen LogP contribution in [0, 0.1) is 11.8 Å². The highest BCUT2D eigenvalue weighted by molar-refractivity contribution is 6.42. The summed E-state index contributed by atoms with van der Waals surface area (Å²) in [7, 11) is 0. The normalized spacial score (nSPS) is 35.6. The van der Waals surface area contributed by atoms with Crippen LogP contribution in [-0.4, -0.2) is 69.5 Å². The fourth-order valence-electron chi connectivity index (χ4n) is 2.98. The van der Waals surface area contributed by atoms with Crippen LogP contribution in [0.2, 0.25) is 10.0 Å². The van der Waals surface area contributed by atoms with Crippen molar-refractivity contribution >= 4 is 35.0 Å². The second kappa shape index (κ2) is 8.00. The molecule has 0 bridgehead atoms. The first-order valence-corrected chi connectivity index (χ1v) is 9.00. The lowest BCUT2D eigenvalue weighted by molar-refractivity contribution is -0.293. The fourth-order valence-corrected chi connectivity index (χ4v) is 3.27. The molecule has 2 aliphatic rings. The molecule has 1 aromatic carbocycles. The van der Waals surface area contributed by atoms with E-state index in [0.717, 1.165) is 0 Å². The largest absolute Gasteiger partial charge is 0.432 e. The Balaban J connectivity index is 1.61. The molecule has 0 radical (unpaired) electrons. The highest BCUT2D eigenvalue weighted by Gasteiger charge is 2.52. The zero-order chi connectivity index (χ0) is 19.9. The Morgan fingerprint density at radius 1 is 1.07 bits per heavy atom. The van der Waals surface area contributed by atoms with Crippen LogP contribution < -0.4 is 0 Å². The minimum absolute atomic E-state index is 0.226. The molecule has 0 spiro atoms. The van der Waals surface area contributed by atoms with Crippen LogP contribution in [0.3, 0.4) is 0 Å². The predicted octanol–water partition coefficient (Wildman–Crippen LogP) is 0.155. The molecule has 1 saturated heterocycles. The number of carbonyl (C=O) groups excluding carboxylic acids is 2. The van der Waals surface area contributed by atoms with Gasteiger partial charge in [-0.25, -0.2) is 0 Å². The monoisotopic (exact) mass is 420 g/mol. The second-order valence-corrected chi connectivity index (χ2v) is 7.39. The Labute approximate surface area is 164 Å². The number of aliphatic hydroxyl groups excluding tert-OH is 4. The van der Waals surface area contributed by atoms with Crippen LogP contribution in [0.4, 0.5) is 0 Å². The number of rotatable bonds is 5. The zero-order valence-electron chi connectivity index (χ0n) is 13.9. The Kier molecular flexibility index (Phi) is 6.07. The van der Waals surface area contributed by atoms with Gasteiger partial charge in [-0.15, -0.1) is 0 Å². The second-order valence-electron chi connectivity index (χ2n) is 6.58. The van der Waals surface area contributed by atoms with E-state index in [1.807, 2.05) is 0 Å². The van der Waals surface area contributed by atoms with Crippen molar-refractivity contribution < 1.29 is 39.5 Å². The van der Waals surface area contributed by atoms with E-state index in [1.165, 1.54) is 18.2 Å². The zero-order valence-corrected chi connectivity index (χ0v) is 15.4. The molecule has 1 aliphatic heterocycles. The van der Waals surface area contributed by atoms with Crippen molar-refractivity contribution in [3.63, 3.8) is 0 Å². The molecule has 2 fully saturated rings. The van der Waals surface area contributed by atoms with Gasteiger partial charge in [0.1, 0.15) is 24.4 Å². The molecular formula is C17H18Cl2O8. The van der Waals surface area contributed by atoms with Gasteiger partial charge in [-0.05, 0) is 24.6 Å². The molecule has 0 amide bonds. The molecule has 3 rings (SSSR count). The molecule has 0 aromatic heterocycles. The van der Waals surface area contributed by atoms with Crippen molar-refractivity contribution in [2.75, 3.05) is 6.61 Å². The van der Waals surface area contributed by atoms with Gasteiger partial charge in [0.25, 0.3) is 0 Å². The summed E-state index contributed by atoms with van der Waals surface area (Å²) in [5.41, 5.74) is 0.317. The molecule has 27 heavy (non-hydrogen) atoms. The van der Waals surface area contributed by atoms with Crippen LogP contribution in [0.5, 0.6) is 0 Å². The first-order valence-electron chi connectivity index (χ1n) is 8.25. The van der Waals surface area contributed by atoms with E-state index in [0.29, 0.717) is 10.6 Å². The lowest BCUT2D eigenvalue weighted by Gasteiger charge is -2.39. The van der Waals surface area contributed by atoms with E-state index in [2.05, 4.69) is 0 Å². The van der Waals surface area contributed by atoms with Gasteiger partial charge in [0.15, 0.2) is 5.78 Å². The molecule has 10 heteroatoms. The summed E-state index contributed by atoms with van der Waals surface area (Å²) in [6.45, 7) is -0.638. The molecule has 0 unspecified atom stereocenters. The molecule has 1 saturated carbocycles. The maximum absolute atomic E-state index is 12.4. The van der Waals surface area contributed by atoms with E-state index in [1.54, 1.807) is 0 Å².